The first-order chi connectivity index (χ1) is 6.94. The molecule has 0 unspecified atom stereocenters. The SMILES string of the molecule is CC1(C)c2cccc(F)c2N[C@H]1C(N)=O. The maximum atomic E-state index is 13.5. The number of amides is 1. The Hall–Kier alpha value is -1.58. The summed E-state index contributed by atoms with van der Waals surface area (Å²) in [4.78, 5) is 11.2. The molecule has 1 heterocycles. The van der Waals surface area contributed by atoms with Gasteiger partial charge in [-0.15, -0.1) is 0 Å². The van der Waals surface area contributed by atoms with Crippen molar-refractivity contribution >= 4 is 11.6 Å². The molecule has 0 spiro atoms. The van der Waals surface area contributed by atoms with Crippen LogP contribution in [0, 0.1) is 5.82 Å². The van der Waals surface area contributed by atoms with Crippen molar-refractivity contribution in [2.45, 2.75) is 25.3 Å². The predicted octanol–water partition coefficient (Wildman–Crippen LogP) is 1.38. The number of hydrogen-bond acceptors (Lipinski definition) is 2. The zero-order valence-corrected chi connectivity index (χ0v) is 8.67. The van der Waals surface area contributed by atoms with Crippen LogP contribution in [0.15, 0.2) is 18.2 Å². The van der Waals surface area contributed by atoms with Gasteiger partial charge in [-0.25, -0.2) is 4.39 Å². The second-order valence-corrected chi connectivity index (χ2v) is 4.36. The molecule has 1 aliphatic heterocycles. The Kier molecular flexibility index (Phi) is 1.96. The molecule has 0 aromatic heterocycles. The number of halogens is 1. The molecule has 4 heteroatoms. The van der Waals surface area contributed by atoms with Gasteiger partial charge in [0, 0.05) is 5.41 Å². The van der Waals surface area contributed by atoms with Crippen molar-refractivity contribution in [1.82, 2.24) is 0 Å². The molecule has 1 atom stereocenters. The third-order valence-corrected chi connectivity index (χ3v) is 3.00. The molecule has 15 heavy (non-hydrogen) atoms. The van der Waals surface area contributed by atoms with Gasteiger partial charge in [-0.3, -0.25) is 4.79 Å². The van der Waals surface area contributed by atoms with Gasteiger partial charge in [0.15, 0.2) is 0 Å². The zero-order valence-electron chi connectivity index (χ0n) is 8.67. The topological polar surface area (TPSA) is 55.1 Å². The summed E-state index contributed by atoms with van der Waals surface area (Å²) in [7, 11) is 0. The fraction of sp³-hybridized carbons (Fsp3) is 0.364. The number of nitrogens with two attached hydrogens (primary N) is 1. The van der Waals surface area contributed by atoms with Crippen molar-refractivity contribution in [1.29, 1.82) is 0 Å². The van der Waals surface area contributed by atoms with Gasteiger partial charge in [0.25, 0.3) is 0 Å². The van der Waals surface area contributed by atoms with Crippen LogP contribution in [0.5, 0.6) is 0 Å². The minimum absolute atomic E-state index is 0.343. The van der Waals surface area contributed by atoms with Gasteiger partial charge in [0.1, 0.15) is 11.9 Å². The number of para-hydroxylation sites is 1. The number of benzene rings is 1. The van der Waals surface area contributed by atoms with Crippen molar-refractivity contribution in [3.8, 4) is 0 Å². The van der Waals surface area contributed by atoms with Gasteiger partial charge in [-0.1, -0.05) is 26.0 Å². The molecule has 3 nitrogen and oxygen atoms in total. The van der Waals surface area contributed by atoms with Crippen LogP contribution in [0.2, 0.25) is 0 Å². The molecule has 0 fully saturated rings. The molecule has 1 amide bonds. The molecular weight excluding hydrogens is 195 g/mol. The zero-order chi connectivity index (χ0) is 11.2. The number of carbonyl (C=O) groups is 1. The highest BCUT2D eigenvalue weighted by Gasteiger charge is 2.43. The Morgan fingerprint density at radius 2 is 2.20 bits per heavy atom. The number of anilines is 1. The number of carbonyl (C=O) groups excluding carboxylic acids is 1. The summed E-state index contributed by atoms with van der Waals surface area (Å²) in [5.74, 6) is -0.806. The first-order valence-electron chi connectivity index (χ1n) is 4.79. The van der Waals surface area contributed by atoms with Gasteiger partial charge >= 0.3 is 0 Å². The van der Waals surface area contributed by atoms with Crippen molar-refractivity contribution < 1.29 is 9.18 Å². The number of primary amides is 1. The fourth-order valence-corrected chi connectivity index (χ4v) is 2.11. The van der Waals surface area contributed by atoms with E-state index in [4.69, 9.17) is 5.73 Å². The number of nitrogens with one attached hydrogen (secondary N) is 1. The average molecular weight is 208 g/mol. The molecule has 3 N–H and O–H groups in total. The third kappa shape index (κ3) is 1.28. The Balaban J connectivity index is 2.56. The van der Waals surface area contributed by atoms with Crippen LogP contribution in [0.1, 0.15) is 19.4 Å². The molecule has 1 aliphatic rings. The van der Waals surface area contributed by atoms with Crippen molar-refractivity contribution in [2.75, 3.05) is 5.32 Å². The van der Waals surface area contributed by atoms with Crippen molar-refractivity contribution in [2.24, 2.45) is 5.73 Å². The fourth-order valence-electron chi connectivity index (χ4n) is 2.11. The van der Waals surface area contributed by atoms with Crippen molar-refractivity contribution in [3.63, 3.8) is 0 Å². The molecule has 1 aromatic rings. The van der Waals surface area contributed by atoms with Crippen LogP contribution in [-0.4, -0.2) is 11.9 Å². The van der Waals surface area contributed by atoms with E-state index in [0.29, 0.717) is 5.69 Å². The summed E-state index contributed by atoms with van der Waals surface area (Å²) >= 11 is 0. The molecule has 0 saturated carbocycles. The summed E-state index contributed by atoms with van der Waals surface area (Å²) in [6.07, 6.45) is 0. The highest BCUT2D eigenvalue weighted by molar-refractivity contribution is 5.88. The van der Waals surface area contributed by atoms with E-state index in [-0.39, 0.29) is 5.82 Å². The summed E-state index contributed by atoms with van der Waals surface area (Å²) in [5, 5.41) is 2.84. The lowest BCUT2D eigenvalue weighted by Gasteiger charge is -2.24. The van der Waals surface area contributed by atoms with Crippen LogP contribution >= 0.6 is 0 Å². The maximum Gasteiger partial charge on any atom is 0.240 e. The van der Waals surface area contributed by atoms with Crippen LogP contribution in [0.3, 0.4) is 0 Å². The molecule has 2 rings (SSSR count). The van der Waals surface area contributed by atoms with E-state index in [2.05, 4.69) is 5.32 Å². The monoisotopic (exact) mass is 208 g/mol. The standard InChI is InChI=1S/C11H13FN2O/c1-11(2)6-4-3-5-7(12)8(6)14-9(11)10(13)15/h3-5,9,14H,1-2H3,(H2,13,15)/t9-/m0/s1. The summed E-state index contributed by atoms with van der Waals surface area (Å²) < 4.78 is 13.5. The summed E-state index contributed by atoms with van der Waals surface area (Å²) in [6.45, 7) is 3.75. The number of hydrogen-bond donors (Lipinski definition) is 2. The van der Waals surface area contributed by atoms with E-state index < -0.39 is 17.4 Å². The normalized spacial score (nSPS) is 21.9. The Morgan fingerprint density at radius 1 is 1.53 bits per heavy atom. The quantitative estimate of drug-likeness (QED) is 0.732. The highest BCUT2D eigenvalue weighted by Crippen LogP contribution is 2.41. The highest BCUT2D eigenvalue weighted by atomic mass is 19.1. The second kappa shape index (κ2) is 2.95. The van der Waals surface area contributed by atoms with E-state index in [1.807, 2.05) is 19.9 Å². The third-order valence-electron chi connectivity index (χ3n) is 3.00. The summed E-state index contributed by atoms with van der Waals surface area (Å²) in [5.41, 5.74) is 6.00. The van der Waals surface area contributed by atoms with E-state index in [9.17, 15) is 9.18 Å². The molecule has 0 aliphatic carbocycles. The molecule has 1 aromatic carbocycles. The van der Waals surface area contributed by atoms with Gasteiger partial charge in [0.05, 0.1) is 5.69 Å². The molecule has 0 bridgehead atoms. The van der Waals surface area contributed by atoms with Gasteiger partial charge in [0.2, 0.25) is 5.91 Å². The number of fused-ring (bicyclic) bond motifs is 1. The molecular formula is C11H13FN2O. The lowest BCUT2D eigenvalue weighted by atomic mass is 9.80. The van der Waals surface area contributed by atoms with E-state index in [1.54, 1.807) is 6.07 Å². The van der Waals surface area contributed by atoms with E-state index >= 15 is 0 Å². The van der Waals surface area contributed by atoms with Crippen molar-refractivity contribution in [3.05, 3.63) is 29.6 Å². The first-order valence-corrected chi connectivity index (χ1v) is 4.79. The second-order valence-electron chi connectivity index (χ2n) is 4.36. The summed E-state index contributed by atoms with van der Waals surface area (Å²) in [6, 6.07) is 4.27. The van der Waals surface area contributed by atoms with Gasteiger partial charge < -0.3 is 11.1 Å². The van der Waals surface area contributed by atoms with E-state index in [1.165, 1.54) is 6.07 Å². The minimum atomic E-state index is -0.551. The maximum absolute atomic E-state index is 13.5. The van der Waals surface area contributed by atoms with E-state index in [0.717, 1.165) is 5.56 Å². The van der Waals surface area contributed by atoms with Crippen LogP contribution in [0.4, 0.5) is 10.1 Å². The Labute approximate surface area is 87.5 Å². The lowest BCUT2D eigenvalue weighted by molar-refractivity contribution is -0.119. The average Bonchev–Trinajstić information content (AvgIpc) is 2.40. The first kappa shape index (κ1) is 9.96. The van der Waals surface area contributed by atoms with Crippen LogP contribution in [0.25, 0.3) is 0 Å². The van der Waals surface area contributed by atoms with Crippen LogP contribution in [-0.2, 0) is 10.2 Å². The largest absolute Gasteiger partial charge is 0.370 e. The number of rotatable bonds is 1. The van der Waals surface area contributed by atoms with Gasteiger partial charge in [-0.2, -0.15) is 0 Å². The molecule has 0 saturated heterocycles. The lowest BCUT2D eigenvalue weighted by Crippen LogP contribution is -2.44. The predicted molar refractivity (Wildman–Crippen MR) is 56.0 cm³/mol. The molecule has 80 valence electrons. The minimum Gasteiger partial charge on any atom is -0.370 e. The smallest absolute Gasteiger partial charge is 0.240 e. The Bertz CT molecular complexity index is 429. The molecule has 0 radical (unpaired) electrons. The Morgan fingerprint density at radius 3 is 2.73 bits per heavy atom. The van der Waals surface area contributed by atoms with Crippen LogP contribution < -0.4 is 11.1 Å². The van der Waals surface area contributed by atoms with Gasteiger partial charge in [-0.05, 0) is 11.6 Å².